The first-order valence-electron chi connectivity index (χ1n) is 9.17. The van der Waals surface area contributed by atoms with Gasteiger partial charge >= 0.3 is 0 Å². The van der Waals surface area contributed by atoms with Crippen molar-refractivity contribution in [2.24, 2.45) is 0 Å². The Labute approximate surface area is 171 Å². The van der Waals surface area contributed by atoms with Gasteiger partial charge in [0, 0.05) is 23.9 Å². The lowest BCUT2D eigenvalue weighted by atomic mass is 10.2. The minimum absolute atomic E-state index is 0.0790. The number of hydrogen-bond acceptors (Lipinski definition) is 5. The topological polar surface area (TPSA) is 68.8 Å². The second-order valence-electron chi connectivity index (χ2n) is 6.17. The smallest absolute Gasteiger partial charge is 0.257 e. The third-order valence-electron chi connectivity index (χ3n) is 3.51. The van der Waals surface area contributed by atoms with E-state index in [-0.39, 0.29) is 17.1 Å². The number of anilines is 1. The Balaban J connectivity index is 1.86. The molecule has 1 amide bonds. The van der Waals surface area contributed by atoms with Gasteiger partial charge in [-0.3, -0.25) is 10.1 Å². The summed E-state index contributed by atoms with van der Waals surface area (Å²) in [6, 6.07) is 14.2. The molecular weight excluding hydrogens is 376 g/mol. The van der Waals surface area contributed by atoms with E-state index in [0.717, 1.165) is 5.69 Å². The summed E-state index contributed by atoms with van der Waals surface area (Å²) < 4.78 is 16.4. The zero-order chi connectivity index (χ0) is 20.4. The van der Waals surface area contributed by atoms with Gasteiger partial charge in [0.25, 0.3) is 5.91 Å². The van der Waals surface area contributed by atoms with E-state index < -0.39 is 0 Å². The predicted molar refractivity (Wildman–Crippen MR) is 114 cm³/mol. The fourth-order valence-corrected chi connectivity index (χ4v) is 2.53. The molecule has 0 fully saturated rings. The molecule has 2 aromatic carbocycles. The van der Waals surface area contributed by atoms with Gasteiger partial charge in [0.1, 0.15) is 18.1 Å². The predicted octanol–water partition coefficient (Wildman–Crippen LogP) is 4.02. The summed E-state index contributed by atoms with van der Waals surface area (Å²) in [5.74, 6) is 1.12. The van der Waals surface area contributed by atoms with Gasteiger partial charge in [-0.15, -0.1) is 0 Å². The Hall–Kier alpha value is -2.64. The second kappa shape index (κ2) is 11.3. The molecule has 0 heterocycles. The summed E-state index contributed by atoms with van der Waals surface area (Å²) in [7, 11) is 0. The maximum absolute atomic E-state index is 12.3. The average Bonchev–Trinajstić information content (AvgIpc) is 2.65. The van der Waals surface area contributed by atoms with Crippen molar-refractivity contribution in [2.75, 3.05) is 25.1 Å². The Morgan fingerprint density at radius 3 is 2.50 bits per heavy atom. The summed E-state index contributed by atoms with van der Waals surface area (Å²) in [5.41, 5.74) is 1.22. The Morgan fingerprint density at radius 2 is 1.82 bits per heavy atom. The molecule has 0 radical (unpaired) electrons. The lowest BCUT2D eigenvalue weighted by molar-refractivity contribution is 0.0977. The molecule has 2 aromatic rings. The van der Waals surface area contributed by atoms with Gasteiger partial charge in [-0.05, 0) is 69.4 Å². The van der Waals surface area contributed by atoms with E-state index in [0.29, 0.717) is 36.9 Å². The number of amides is 1. The molecule has 0 unspecified atom stereocenters. The second-order valence-corrected chi connectivity index (χ2v) is 6.58. The van der Waals surface area contributed by atoms with E-state index in [2.05, 4.69) is 10.6 Å². The lowest BCUT2D eigenvalue weighted by Crippen LogP contribution is -2.34. The van der Waals surface area contributed by atoms with E-state index in [1.807, 2.05) is 45.0 Å². The zero-order valence-electron chi connectivity index (χ0n) is 16.4. The van der Waals surface area contributed by atoms with Gasteiger partial charge in [0.05, 0.1) is 12.7 Å². The van der Waals surface area contributed by atoms with Crippen LogP contribution in [0.4, 0.5) is 5.69 Å². The van der Waals surface area contributed by atoms with Crippen molar-refractivity contribution in [1.29, 1.82) is 0 Å². The Bertz CT molecular complexity index is 778. The third kappa shape index (κ3) is 7.54. The van der Waals surface area contributed by atoms with Crippen LogP contribution in [0.5, 0.6) is 11.5 Å². The first kappa shape index (κ1) is 21.7. The molecule has 2 N–H and O–H groups in total. The van der Waals surface area contributed by atoms with Crippen LogP contribution in [0.2, 0.25) is 0 Å². The molecule has 0 spiro atoms. The molecule has 0 aliphatic carbocycles. The first-order valence-corrected chi connectivity index (χ1v) is 9.58. The molecule has 150 valence electrons. The number of ether oxygens (including phenoxy) is 3. The number of benzene rings is 2. The van der Waals surface area contributed by atoms with Crippen LogP contribution in [0.15, 0.2) is 48.5 Å². The van der Waals surface area contributed by atoms with Crippen LogP contribution < -0.4 is 20.1 Å². The van der Waals surface area contributed by atoms with Crippen molar-refractivity contribution in [3.8, 4) is 11.5 Å². The van der Waals surface area contributed by atoms with Gasteiger partial charge in [-0.1, -0.05) is 6.07 Å². The van der Waals surface area contributed by atoms with E-state index in [1.54, 1.807) is 24.3 Å². The first-order chi connectivity index (χ1) is 13.5. The molecule has 6 nitrogen and oxygen atoms in total. The van der Waals surface area contributed by atoms with Crippen molar-refractivity contribution >= 4 is 28.9 Å². The zero-order valence-corrected chi connectivity index (χ0v) is 17.2. The highest BCUT2D eigenvalue weighted by atomic mass is 32.1. The molecule has 0 aliphatic rings. The fraction of sp³-hybridized carbons (Fsp3) is 0.333. The molecular formula is C21H26N2O4S. The maximum Gasteiger partial charge on any atom is 0.257 e. The van der Waals surface area contributed by atoms with Crippen LogP contribution >= 0.6 is 12.2 Å². The molecule has 0 aromatic heterocycles. The summed E-state index contributed by atoms with van der Waals surface area (Å²) in [6.45, 7) is 7.49. The SMILES string of the molecule is CCOCCOc1cccc(NC(=S)NC(=O)c2ccc(OC(C)C)cc2)c1. The quantitative estimate of drug-likeness (QED) is 0.488. The molecule has 0 bridgehead atoms. The van der Waals surface area contributed by atoms with E-state index in [1.165, 1.54) is 0 Å². The number of nitrogens with one attached hydrogen (secondary N) is 2. The van der Waals surface area contributed by atoms with Gasteiger partial charge in [-0.2, -0.15) is 0 Å². The van der Waals surface area contributed by atoms with Gasteiger partial charge in [0.2, 0.25) is 0 Å². The van der Waals surface area contributed by atoms with Crippen molar-refractivity contribution in [2.45, 2.75) is 26.9 Å². The van der Waals surface area contributed by atoms with Crippen LogP contribution in [-0.4, -0.2) is 36.9 Å². The monoisotopic (exact) mass is 402 g/mol. The van der Waals surface area contributed by atoms with Crippen molar-refractivity contribution in [3.63, 3.8) is 0 Å². The lowest BCUT2D eigenvalue weighted by Gasteiger charge is -2.12. The molecule has 0 aliphatic heterocycles. The highest BCUT2D eigenvalue weighted by Crippen LogP contribution is 2.17. The van der Waals surface area contributed by atoms with Crippen molar-refractivity contribution < 1.29 is 19.0 Å². The van der Waals surface area contributed by atoms with E-state index in [9.17, 15) is 4.79 Å². The Kier molecular flexibility index (Phi) is 8.71. The third-order valence-corrected chi connectivity index (χ3v) is 3.71. The fourth-order valence-electron chi connectivity index (χ4n) is 2.32. The molecule has 0 atom stereocenters. The standard InChI is InChI=1S/C21H26N2O4S/c1-4-25-12-13-26-19-7-5-6-17(14-19)22-21(28)23-20(24)16-8-10-18(11-9-16)27-15(2)3/h5-11,14-15H,4,12-13H2,1-3H3,(H2,22,23,24,28). The summed E-state index contributed by atoms with van der Waals surface area (Å²) >= 11 is 5.23. The van der Waals surface area contributed by atoms with Crippen LogP contribution in [0, 0.1) is 0 Å². The molecule has 28 heavy (non-hydrogen) atoms. The Morgan fingerprint density at radius 1 is 1.07 bits per heavy atom. The van der Waals surface area contributed by atoms with Crippen LogP contribution in [0.1, 0.15) is 31.1 Å². The molecule has 0 saturated carbocycles. The largest absolute Gasteiger partial charge is 0.491 e. The van der Waals surface area contributed by atoms with E-state index >= 15 is 0 Å². The average molecular weight is 403 g/mol. The minimum atomic E-state index is -0.294. The van der Waals surface area contributed by atoms with Crippen LogP contribution in [0.3, 0.4) is 0 Å². The minimum Gasteiger partial charge on any atom is -0.491 e. The summed E-state index contributed by atoms with van der Waals surface area (Å²) in [5, 5.41) is 5.86. The van der Waals surface area contributed by atoms with Crippen LogP contribution in [-0.2, 0) is 4.74 Å². The van der Waals surface area contributed by atoms with Crippen molar-refractivity contribution in [1.82, 2.24) is 5.32 Å². The normalized spacial score (nSPS) is 10.4. The molecule has 2 rings (SSSR count). The highest BCUT2D eigenvalue weighted by Gasteiger charge is 2.09. The van der Waals surface area contributed by atoms with E-state index in [4.69, 9.17) is 26.4 Å². The molecule has 7 heteroatoms. The van der Waals surface area contributed by atoms with Gasteiger partial charge in [0.15, 0.2) is 5.11 Å². The number of carbonyl (C=O) groups is 1. The number of hydrogen-bond donors (Lipinski definition) is 2. The highest BCUT2D eigenvalue weighted by molar-refractivity contribution is 7.80. The number of carbonyl (C=O) groups excluding carboxylic acids is 1. The maximum atomic E-state index is 12.3. The van der Waals surface area contributed by atoms with Crippen molar-refractivity contribution in [3.05, 3.63) is 54.1 Å². The van der Waals surface area contributed by atoms with Gasteiger partial charge < -0.3 is 19.5 Å². The number of rotatable bonds is 9. The summed E-state index contributed by atoms with van der Waals surface area (Å²) in [4.78, 5) is 12.3. The number of thiocarbonyl (C=S) groups is 1. The molecule has 0 saturated heterocycles. The van der Waals surface area contributed by atoms with Crippen LogP contribution in [0.25, 0.3) is 0 Å². The van der Waals surface area contributed by atoms with Gasteiger partial charge in [-0.25, -0.2) is 0 Å². The summed E-state index contributed by atoms with van der Waals surface area (Å²) in [6.07, 6.45) is 0.0790.